The number of rotatable bonds is 7. The highest BCUT2D eigenvalue weighted by Crippen LogP contribution is 2.23. The van der Waals surface area contributed by atoms with Gasteiger partial charge in [-0.25, -0.2) is 9.78 Å². The molecule has 142 valence electrons. The van der Waals surface area contributed by atoms with Gasteiger partial charge in [-0.15, -0.1) is 0 Å². The molecule has 0 aliphatic heterocycles. The SMILES string of the molecule is CCOC(=O)c1c(C)nc2c(NCc3c(C)cccc3COC)cccn12. The molecule has 1 aromatic carbocycles. The number of hydrogen-bond donors (Lipinski definition) is 1. The molecule has 0 radical (unpaired) electrons. The Labute approximate surface area is 159 Å². The highest BCUT2D eigenvalue weighted by Gasteiger charge is 2.19. The summed E-state index contributed by atoms with van der Waals surface area (Å²) >= 11 is 0. The molecule has 2 heterocycles. The second-order valence-corrected chi connectivity index (χ2v) is 6.38. The monoisotopic (exact) mass is 367 g/mol. The molecular formula is C21H25N3O3. The fourth-order valence-corrected chi connectivity index (χ4v) is 3.25. The Kier molecular flexibility index (Phi) is 5.76. The maximum absolute atomic E-state index is 12.3. The maximum Gasteiger partial charge on any atom is 0.357 e. The van der Waals surface area contributed by atoms with Crippen molar-refractivity contribution in [3.8, 4) is 0 Å². The second-order valence-electron chi connectivity index (χ2n) is 6.38. The van der Waals surface area contributed by atoms with Crippen LogP contribution in [0.15, 0.2) is 36.5 Å². The summed E-state index contributed by atoms with van der Waals surface area (Å²) in [6, 6.07) is 10.1. The zero-order valence-corrected chi connectivity index (χ0v) is 16.2. The average molecular weight is 367 g/mol. The molecule has 27 heavy (non-hydrogen) atoms. The number of methoxy groups -OCH3 is 1. The number of aryl methyl sites for hydroxylation is 2. The van der Waals surface area contributed by atoms with E-state index in [1.54, 1.807) is 18.4 Å². The highest BCUT2D eigenvalue weighted by atomic mass is 16.5. The Morgan fingerprint density at radius 3 is 2.78 bits per heavy atom. The molecule has 3 aromatic rings. The molecule has 0 spiro atoms. The molecule has 6 nitrogen and oxygen atoms in total. The maximum atomic E-state index is 12.3. The van der Waals surface area contributed by atoms with Gasteiger partial charge in [-0.1, -0.05) is 18.2 Å². The molecule has 0 atom stereocenters. The van der Waals surface area contributed by atoms with Gasteiger partial charge in [0.1, 0.15) is 0 Å². The van der Waals surface area contributed by atoms with E-state index in [0.29, 0.717) is 36.8 Å². The van der Waals surface area contributed by atoms with Gasteiger partial charge < -0.3 is 14.8 Å². The first-order valence-electron chi connectivity index (χ1n) is 9.01. The van der Waals surface area contributed by atoms with Crippen LogP contribution in [0.5, 0.6) is 0 Å². The van der Waals surface area contributed by atoms with Gasteiger partial charge in [-0.3, -0.25) is 4.40 Å². The molecule has 0 amide bonds. The number of imidazole rings is 1. The number of pyridine rings is 1. The molecule has 0 fully saturated rings. The Morgan fingerprint density at radius 1 is 1.22 bits per heavy atom. The van der Waals surface area contributed by atoms with Gasteiger partial charge in [0.25, 0.3) is 0 Å². The van der Waals surface area contributed by atoms with Crippen molar-refractivity contribution in [3.05, 3.63) is 64.6 Å². The van der Waals surface area contributed by atoms with Crippen LogP contribution in [0.25, 0.3) is 5.65 Å². The zero-order chi connectivity index (χ0) is 19.4. The lowest BCUT2D eigenvalue weighted by molar-refractivity contribution is 0.0517. The third-order valence-corrected chi connectivity index (χ3v) is 4.56. The summed E-state index contributed by atoms with van der Waals surface area (Å²) in [5, 5.41) is 3.46. The van der Waals surface area contributed by atoms with E-state index < -0.39 is 0 Å². The van der Waals surface area contributed by atoms with Gasteiger partial charge in [-0.05, 0) is 49.6 Å². The molecule has 1 N–H and O–H groups in total. The lowest BCUT2D eigenvalue weighted by atomic mass is 10.0. The number of anilines is 1. The Hall–Kier alpha value is -2.86. The Morgan fingerprint density at radius 2 is 2.04 bits per heavy atom. The Balaban J connectivity index is 1.93. The number of nitrogens with zero attached hydrogens (tertiary/aromatic N) is 2. The molecule has 3 rings (SSSR count). The van der Waals surface area contributed by atoms with Gasteiger partial charge >= 0.3 is 5.97 Å². The number of aromatic nitrogens is 2. The van der Waals surface area contributed by atoms with Crippen LogP contribution in [0.4, 0.5) is 5.69 Å². The molecule has 0 aliphatic rings. The van der Waals surface area contributed by atoms with Crippen LogP contribution in [0.1, 0.15) is 39.8 Å². The first-order chi connectivity index (χ1) is 13.1. The molecular weight excluding hydrogens is 342 g/mol. The molecule has 0 aliphatic carbocycles. The Bertz CT molecular complexity index is 963. The zero-order valence-electron chi connectivity index (χ0n) is 16.2. The van der Waals surface area contributed by atoms with Gasteiger partial charge in [-0.2, -0.15) is 0 Å². The third-order valence-electron chi connectivity index (χ3n) is 4.56. The summed E-state index contributed by atoms with van der Waals surface area (Å²) in [5.74, 6) is -0.360. The van der Waals surface area contributed by atoms with Crippen LogP contribution in [0.3, 0.4) is 0 Å². The summed E-state index contributed by atoms with van der Waals surface area (Å²) < 4.78 is 12.3. The van der Waals surface area contributed by atoms with E-state index in [-0.39, 0.29) is 5.97 Å². The fraction of sp³-hybridized carbons (Fsp3) is 0.333. The quantitative estimate of drug-likeness (QED) is 0.642. The standard InChI is InChI=1S/C21H25N3O3/c1-5-27-21(25)19-15(3)23-20-18(10-7-11-24(19)20)22-12-17-14(2)8-6-9-16(17)13-26-4/h6-11,22H,5,12-13H2,1-4H3. The number of nitrogens with one attached hydrogen (secondary N) is 1. The number of ether oxygens (including phenoxy) is 2. The molecule has 2 aromatic heterocycles. The molecule has 0 saturated heterocycles. The second kappa shape index (κ2) is 8.22. The van der Waals surface area contributed by atoms with Gasteiger partial charge in [0.2, 0.25) is 0 Å². The average Bonchev–Trinajstić information content (AvgIpc) is 2.98. The molecule has 0 saturated carbocycles. The van der Waals surface area contributed by atoms with Crippen molar-refractivity contribution in [2.75, 3.05) is 19.0 Å². The van der Waals surface area contributed by atoms with Crippen molar-refractivity contribution in [2.45, 2.75) is 33.9 Å². The van der Waals surface area contributed by atoms with E-state index in [1.807, 2.05) is 31.3 Å². The van der Waals surface area contributed by atoms with Crippen LogP contribution in [-0.4, -0.2) is 29.1 Å². The van der Waals surface area contributed by atoms with E-state index >= 15 is 0 Å². The van der Waals surface area contributed by atoms with Crippen molar-refractivity contribution in [1.29, 1.82) is 0 Å². The van der Waals surface area contributed by atoms with Gasteiger partial charge in [0.15, 0.2) is 11.3 Å². The van der Waals surface area contributed by atoms with E-state index in [4.69, 9.17) is 9.47 Å². The van der Waals surface area contributed by atoms with Crippen LogP contribution < -0.4 is 5.32 Å². The first kappa shape index (κ1) is 18.9. The van der Waals surface area contributed by atoms with Crippen molar-refractivity contribution >= 4 is 17.3 Å². The molecule has 6 heteroatoms. The highest BCUT2D eigenvalue weighted by molar-refractivity contribution is 5.91. The number of hydrogen-bond acceptors (Lipinski definition) is 5. The van der Waals surface area contributed by atoms with E-state index in [0.717, 1.165) is 11.3 Å². The summed E-state index contributed by atoms with van der Waals surface area (Å²) in [4.78, 5) is 16.9. The molecule has 0 bridgehead atoms. The smallest absolute Gasteiger partial charge is 0.357 e. The third kappa shape index (κ3) is 3.80. The van der Waals surface area contributed by atoms with Crippen LogP contribution in [-0.2, 0) is 22.6 Å². The predicted molar refractivity (Wildman–Crippen MR) is 105 cm³/mol. The minimum Gasteiger partial charge on any atom is -0.461 e. The largest absolute Gasteiger partial charge is 0.461 e. The van der Waals surface area contributed by atoms with Crippen molar-refractivity contribution in [3.63, 3.8) is 0 Å². The van der Waals surface area contributed by atoms with Crippen LogP contribution >= 0.6 is 0 Å². The number of esters is 1. The predicted octanol–water partition coefficient (Wildman–Crippen LogP) is 3.89. The van der Waals surface area contributed by atoms with Crippen molar-refractivity contribution in [2.24, 2.45) is 0 Å². The summed E-state index contributed by atoms with van der Waals surface area (Å²) in [6.07, 6.45) is 1.83. The minimum absolute atomic E-state index is 0.332. The lowest BCUT2D eigenvalue weighted by Gasteiger charge is -2.14. The number of carbonyl (C=O) groups excluding carboxylic acids is 1. The topological polar surface area (TPSA) is 64.9 Å². The number of carbonyl (C=O) groups is 1. The minimum atomic E-state index is -0.360. The van der Waals surface area contributed by atoms with Gasteiger partial charge in [0.05, 0.1) is 24.6 Å². The van der Waals surface area contributed by atoms with Crippen LogP contribution in [0, 0.1) is 13.8 Å². The molecule has 0 unspecified atom stereocenters. The first-order valence-corrected chi connectivity index (χ1v) is 9.01. The summed E-state index contributed by atoms with van der Waals surface area (Å²) in [5.41, 5.74) is 6.25. The fourth-order valence-electron chi connectivity index (χ4n) is 3.25. The van der Waals surface area contributed by atoms with Crippen molar-refractivity contribution < 1.29 is 14.3 Å². The number of benzene rings is 1. The number of fused-ring (bicyclic) bond motifs is 1. The van der Waals surface area contributed by atoms with E-state index in [1.165, 1.54) is 11.1 Å². The van der Waals surface area contributed by atoms with E-state index in [2.05, 4.69) is 29.4 Å². The van der Waals surface area contributed by atoms with E-state index in [9.17, 15) is 4.79 Å². The van der Waals surface area contributed by atoms with Crippen LogP contribution in [0.2, 0.25) is 0 Å². The normalized spacial score (nSPS) is 11.0. The summed E-state index contributed by atoms with van der Waals surface area (Å²) in [6.45, 7) is 7.25. The van der Waals surface area contributed by atoms with Gasteiger partial charge in [0, 0.05) is 19.9 Å². The summed E-state index contributed by atoms with van der Waals surface area (Å²) in [7, 11) is 1.70. The van der Waals surface area contributed by atoms with Crippen molar-refractivity contribution in [1.82, 2.24) is 9.38 Å². The lowest BCUT2D eigenvalue weighted by Crippen LogP contribution is -2.10.